The molecule has 1 aromatic heterocycles. The third-order valence-corrected chi connectivity index (χ3v) is 6.55. The lowest BCUT2D eigenvalue weighted by Crippen LogP contribution is -2.34. The Balaban J connectivity index is 1.54. The van der Waals surface area contributed by atoms with Gasteiger partial charge >= 0.3 is 0 Å². The number of nitrogens with one attached hydrogen (secondary N) is 2. The van der Waals surface area contributed by atoms with E-state index >= 15 is 0 Å². The molecular formula is C17H24N4O4S. The Morgan fingerprint density at radius 1 is 1.31 bits per heavy atom. The molecule has 8 nitrogen and oxygen atoms in total. The van der Waals surface area contributed by atoms with Crippen molar-refractivity contribution in [2.75, 3.05) is 36.5 Å². The highest BCUT2D eigenvalue weighted by Gasteiger charge is 2.28. The van der Waals surface area contributed by atoms with Gasteiger partial charge in [0.2, 0.25) is 5.91 Å². The number of carbonyl (C=O) groups is 2. The molecular weight excluding hydrogens is 356 g/mol. The van der Waals surface area contributed by atoms with Gasteiger partial charge < -0.3 is 15.5 Å². The molecule has 0 aromatic carbocycles. The van der Waals surface area contributed by atoms with Crippen molar-refractivity contribution in [3.8, 4) is 0 Å². The summed E-state index contributed by atoms with van der Waals surface area (Å²) in [6, 6.07) is 3.56. The van der Waals surface area contributed by atoms with Crippen LogP contribution in [0.25, 0.3) is 0 Å². The van der Waals surface area contributed by atoms with Crippen LogP contribution in [0.3, 0.4) is 0 Å². The first kappa shape index (κ1) is 18.6. The van der Waals surface area contributed by atoms with Crippen molar-refractivity contribution >= 4 is 27.5 Å². The summed E-state index contributed by atoms with van der Waals surface area (Å²) in [5.74, 6) is 1.36. The number of hydrogen-bond donors (Lipinski definition) is 2. The number of sulfone groups is 1. The molecule has 0 unspecified atom stereocenters. The lowest BCUT2D eigenvalue weighted by atomic mass is 10.0. The number of fused-ring (bicyclic) bond motifs is 1. The van der Waals surface area contributed by atoms with Gasteiger partial charge in [0.1, 0.15) is 15.7 Å². The van der Waals surface area contributed by atoms with Crippen molar-refractivity contribution in [3.05, 3.63) is 23.4 Å². The summed E-state index contributed by atoms with van der Waals surface area (Å²) in [6.07, 6.45) is 1.35. The molecule has 9 heteroatoms. The van der Waals surface area contributed by atoms with Crippen LogP contribution in [0.5, 0.6) is 0 Å². The van der Waals surface area contributed by atoms with Crippen LogP contribution in [0.1, 0.15) is 35.8 Å². The van der Waals surface area contributed by atoms with Gasteiger partial charge in [-0.3, -0.25) is 9.59 Å². The van der Waals surface area contributed by atoms with Crippen LogP contribution in [0.15, 0.2) is 12.1 Å². The third-order valence-electron chi connectivity index (χ3n) is 4.83. The van der Waals surface area contributed by atoms with Gasteiger partial charge in [-0.1, -0.05) is 0 Å². The van der Waals surface area contributed by atoms with Crippen LogP contribution in [-0.2, 0) is 21.2 Å². The Bertz CT molecular complexity index is 795. The van der Waals surface area contributed by atoms with Gasteiger partial charge in [0.15, 0.2) is 0 Å². The van der Waals surface area contributed by atoms with Crippen LogP contribution in [0.2, 0.25) is 0 Å². The average molecular weight is 380 g/mol. The summed E-state index contributed by atoms with van der Waals surface area (Å²) in [6.45, 7) is 3.44. The maximum absolute atomic E-state index is 12.3. The molecule has 1 fully saturated rings. The Morgan fingerprint density at radius 3 is 2.73 bits per heavy atom. The van der Waals surface area contributed by atoms with Gasteiger partial charge in [-0.15, -0.1) is 0 Å². The minimum Gasteiger partial charge on any atom is -0.370 e. The van der Waals surface area contributed by atoms with E-state index in [1.165, 1.54) is 6.92 Å². The van der Waals surface area contributed by atoms with Crippen molar-refractivity contribution in [2.45, 2.75) is 26.3 Å². The number of carbonyl (C=O) groups excluding carboxylic acids is 2. The number of amides is 2. The molecule has 0 aliphatic carbocycles. The molecule has 2 N–H and O–H groups in total. The fourth-order valence-corrected chi connectivity index (χ4v) is 4.87. The molecule has 0 radical (unpaired) electrons. The Morgan fingerprint density at radius 2 is 2.04 bits per heavy atom. The molecule has 3 heterocycles. The number of rotatable bonds is 6. The average Bonchev–Trinajstić information content (AvgIpc) is 2.89. The smallest absolute Gasteiger partial charge is 0.256 e. The fraction of sp³-hybridized carbons (Fsp3) is 0.588. The molecule has 0 spiro atoms. The van der Waals surface area contributed by atoms with Crippen molar-refractivity contribution in [1.29, 1.82) is 0 Å². The van der Waals surface area contributed by atoms with E-state index in [9.17, 15) is 18.0 Å². The number of hydrogen-bond acceptors (Lipinski definition) is 6. The Hall–Kier alpha value is -2.16. The number of anilines is 1. The molecule has 3 rings (SSSR count). The molecule has 26 heavy (non-hydrogen) atoms. The summed E-state index contributed by atoms with van der Waals surface area (Å²) in [7, 11) is -2.84. The number of pyridine rings is 1. The van der Waals surface area contributed by atoms with Gasteiger partial charge in [-0.25, -0.2) is 13.4 Å². The van der Waals surface area contributed by atoms with Crippen LogP contribution in [-0.4, -0.2) is 61.3 Å². The van der Waals surface area contributed by atoms with Crippen LogP contribution in [0, 0.1) is 5.92 Å². The van der Waals surface area contributed by atoms with Gasteiger partial charge in [-0.05, 0) is 30.9 Å². The second-order valence-corrected chi connectivity index (χ2v) is 9.18. The second-order valence-electron chi connectivity index (χ2n) is 6.88. The van der Waals surface area contributed by atoms with Crippen LogP contribution in [0.4, 0.5) is 5.82 Å². The van der Waals surface area contributed by atoms with Gasteiger partial charge in [-0.2, -0.15) is 0 Å². The van der Waals surface area contributed by atoms with Gasteiger partial charge in [0.05, 0.1) is 29.3 Å². The van der Waals surface area contributed by atoms with E-state index in [1.54, 1.807) is 17.0 Å². The first-order valence-electron chi connectivity index (χ1n) is 8.82. The normalized spacial score (nSPS) is 19.3. The van der Waals surface area contributed by atoms with Crippen molar-refractivity contribution < 1.29 is 18.0 Å². The molecule has 0 saturated carbocycles. The topological polar surface area (TPSA) is 108 Å². The van der Waals surface area contributed by atoms with Crippen molar-refractivity contribution in [3.63, 3.8) is 0 Å². The van der Waals surface area contributed by atoms with E-state index in [2.05, 4.69) is 15.6 Å². The van der Waals surface area contributed by atoms with Gasteiger partial charge in [0.25, 0.3) is 5.91 Å². The quantitative estimate of drug-likeness (QED) is 0.740. The molecule has 0 bridgehead atoms. The van der Waals surface area contributed by atoms with E-state index in [-0.39, 0.29) is 23.3 Å². The second kappa shape index (κ2) is 7.61. The molecule has 1 aromatic rings. The maximum Gasteiger partial charge on any atom is 0.256 e. The summed E-state index contributed by atoms with van der Waals surface area (Å²) < 4.78 is 23.0. The lowest BCUT2D eigenvalue weighted by molar-refractivity contribution is -0.119. The maximum atomic E-state index is 12.3. The first-order valence-corrected chi connectivity index (χ1v) is 10.6. The lowest BCUT2D eigenvalue weighted by Gasteiger charge is -2.22. The van der Waals surface area contributed by atoms with Crippen LogP contribution >= 0.6 is 0 Å². The minimum atomic E-state index is -2.84. The van der Waals surface area contributed by atoms with Crippen molar-refractivity contribution in [2.24, 2.45) is 5.92 Å². The fourth-order valence-electron chi connectivity index (χ4n) is 3.28. The highest BCUT2D eigenvalue weighted by atomic mass is 32.2. The van der Waals surface area contributed by atoms with E-state index < -0.39 is 9.84 Å². The summed E-state index contributed by atoms with van der Waals surface area (Å²) in [5, 5.41) is 5.95. The molecule has 2 amide bonds. The minimum absolute atomic E-state index is 0.0677. The third kappa shape index (κ3) is 4.51. The Labute approximate surface area is 153 Å². The first-order chi connectivity index (χ1) is 12.3. The summed E-state index contributed by atoms with van der Waals surface area (Å²) >= 11 is 0. The summed E-state index contributed by atoms with van der Waals surface area (Å²) in [5.41, 5.74) is 1.33. The van der Waals surface area contributed by atoms with E-state index in [1.807, 2.05) is 0 Å². The highest BCUT2D eigenvalue weighted by Crippen LogP contribution is 2.23. The molecule has 0 atom stereocenters. The zero-order valence-corrected chi connectivity index (χ0v) is 15.6. The monoisotopic (exact) mass is 380 g/mol. The molecule has 142 valence electrons. The van der Waals surface area contributed by atoms with E-state index in [4.69, 9.17) is 0 Å². The summed E-state index contributed by atoms with van der Waals surface area (Å²) in [4.78, 5) is 29.5. The SMILES string of the molecule is CC(=O)NCCN1Cc2nc(NCC3CCS(=O)(=O)CC3)ccc2C1=O. The van der Waals surface area contributed by atoms with Crippen molar-refractivity contribution in [1.82, 2.24) is 15.2 Å². The number of aromatic nitrogens is 1. The standard InChI is InChI=1S/C17H24N4O4S/c1-12(22)18-6-7-21-11-15-14(17(21)23)2-3-16(20-15)19-10-13-4-8-26(24,25)9-5-13/h2-3,13H,4-11H2,1H3,(H,18,22)(H,19,20). The van der Waals surface area contributed by atoms with Gasteiger partial charge in [0, 0.05) is 26.6 Å². The highest BCUT2D eigenvalue weighted by molar-refractivity contribution is 7.91. The zero-order chi connectivity index (χ0) is 18.7. The van der Waals surface area contributed by atoms with Crippen LogP contribution < -0.4 is 10.6 Å². The largest absolute Gasteiger partial charge is 0.370 e. The predicted molar refractivity (Wildman–Crippen MR) is 97.5 cm³/mol. The van der Waals surface area contributed by atoms with E-state index in [0.29, 0.717) is 56.3 Å². The van der Waals surface area contributed by atoms with E-state index in [0.717, 1.165) is 5.69 Å². The molecule has 2 aliphatic heterocycles. The zero-order valence-electron chi connectivity index (χ0n) is 14.8. The number of nitrogens with zero attached hydrogens (tertiary/aromatic N) is 2. The Kier molecular flexibility index (Phi) is 5.45. The predicted octanol–water partition coefficient (Wildman–Crippen LogP) is 0.410. The molecule has 2 aliphatic rings. The molecule has 1 saturated heterocycles.